The summed E-state index contributed by atoms with van der Waals surface area (Å²) in [4.78, 5) is 39.9. The van der Waals surface area contributed by atoms with Crippen molar-refractivity contribution in [1.82, 2.24) is 14.0 Å². The number of carboxylic acid groups (broad SMARTS) is 2. The number of halogens is 4. The number of aryl methyl sites for hydroxylation is 2. The maximum Gasteiger partial charge on any atom is 0.371 e. The van der Waals surface area contributed by atoms with E-state index in [1.54, 1.807) is 36.5 Å². The number of aliphatic hydroxyl groups is 2. The van der Waals surface area contributed by atoms with Gasteiger partial charge in [0.2, 0.25) is 15.8 Å². The predicted molar refractivity (Wildman–Crippen MR) is 436 cm³/mol. The van der Waals surface area contributed by atoms with Gasteiger partial charge in [-0.2, -0.15) is 4.31 Å². The van der Waals surface area contributed by atoms with Crippen LogP contribution in [0.15, 0.2) is 122 Å². The largest absolute Gasteiger partial charge is 0.478 e. The number of sulfonamides is 1. The number of aromatic carboxylic acids is 2. The Morgan fingerprint density at radius 3 is 2.05 bits per heavy atom. The molecule has 5 saturated carbocycles. The number of furan rings is 1. The molecule has 5 aromatic carbocycles. The summed E-state index contributed by atoms with van der Waals surface area (Å²) in [5.41, 5.74) is 8.68. The second-order valence-electron chi connectivity index (χ2n) is 34.0. The first-order valence-electron chi connectivity index (χ1n) is 39.4. The highest BCUT2D eigenvalue weighted by Gasteiger charge is 2.65. The Balaban J connectivity index is 0.000000149. The van der Waals surface area contributed by atoms with Crippen molar-refractivity contribution in [1.29, 1.82) is 0 Å². The molecule has 4 N–H and O–H groups in total. The van der Waals surface area contributed by atoms with Crippen molar-refractivity contribution in [2.45, 2.75) is 198 Å². The number of carbonyl (C=O) groups excluding carboxylic acids is 1. The van der Waals surface area contributed by atoms with E-state index in [1.165, 1.54) is 48.2 Å². The van der Waals surface area contributed by atoms with Crippen LogP contribution < -0.4 is 9.80 Å². The zero-order chi connectivity index (χ0) is 79.6. The van der Waals surface area contributed by atoms with Crippen molar-refractivity contribution in [3.05, 3.63) is 157 Å². The number of piperazine rings is 1. The summed E-state index contributed by atoms with van der Waals surface area (Å²) < 4.78 is 72.8. The number of Topliss-reactive ketones (excluding diaryl/α,β-unsaturated/α-hetero) is 1. The van der Waals surface area contributed by atoms with Crippen molar-refractivity contribution >= 4 is 117 Å². The van der Waals surface area contributed by atoms with Gasteiger partial charge in [-0.15, -0.1) is 0 Å². The van der Waals surface area contributed by atoms with E-state index in [2.05, 4.69) is 64.6 Å². The van der Waals surface area contributed by atoms with Gasteiger partial charge in [-0.25, -0.2) is 26.4 Å². The minimum atomic E-state index is -3.85. The number of ether oxygens (including phenoxy) is 1. The summed E-state index contributed by atoms with van der Waals surface area (Å²) in [5, 5.41) is 48.0. The molecular formula is C86H105Cl4N5O14S2. The third-order valence-corrected chi connectivity index (χ3v) is 31.6. The summed E-state index contributed by atoms with van der Waals surface area (Å²) in [6, 6.07) is 28.2. The number of piperidine rings is 1. The molecule has 5 aliphatic carbocycles. The molecule has 0 radical (unpaired) electrons. The van der Waals surface area contributed by atoms with Crippen LogP contribution in [0.3, 0.4) is 0 Å². The third kappa shape index (κ3) is 16.7. The number of fused-ring (bicyclic) bond motifs is 7. The number of sulfone groups is 1. The van der Waals surface area contributed by atoms with Crippen molar-refractivity contribution in [2.75, 3.05) is 54.8 Å². The Morgan fingerprint density at radius 1 is 0.739 bits per heavy atom. The van der Waals surface area contributed by atoms with Gasteiger partial charge in [0, 0.05) is 98.5 Å². The zero-order valence-electron chi connectivity index (χ0n) is 64.9. The Morgan fingerprint density at radius 2 is 1.41 bits per heavy atom. The van der Waals surface area contributed by atoms with Gasteiger partial charge in [-0.05, 0) is 213 Å². The van der Waals surface area contributed by atoms with Crippen molar-refractivity contribution < 1.29 is 65.3 Å². The Kier molecular flexibility index (Phi) is 24.5. The molecule has 111 heavy (non-hydrogen) atoms. The molecule has 7 aliphatic rings. The lowest BCUT2D eigenvalue weighted by molar-refractivity contribution is -0.203. The van der Waals surface area contributed by atoms with Gasteiger partial charge in [0.05, 0.1) is 66.7 Å². The van der Waals surface area contributed by atoms with Crippen LogP contribution in [0, 0.1) is 59.2 Å². The van der Waals surface area contributed by atoms with Gasteiger partial charge in [0.15, 0.2) is 9.84 Å². The normalized spacial score (nSPS) is 25.5. The fourth-order valence-corrected chi connectivity index (χ4v) is 24.6. The maximum absolute atomic E-state index is 13.0. The van der Waals surface area contributed by atoms with Gasteiger partial charge in [-0.1, -0.05) is 143 Å². The zero-order valence-corrected chi connectivity index (χ0v) is 69.5. The molecule has 11 atom stereocenters. The van der Waals surface area contributed by atoms with Crippen LogP contribution in [0.5, 0.6) is 0 Å². The lowest BCUT2D eigenvalue weighted by Crippen LogP contribution is -2.62. The van der Waals surface area contributed by atoms with Gasteiger partial charge in [-0.3, -0.25) is 4.79 Å². The summed E-state index contributed by atoms with van der Waals surface area (Å²) >= 11 is 25.2. The molecule has 15 rings (SSSR count). The molecule has 0 bridgehead atoms. The average molecular weight is 1640 g/mol. The first-order chi connectivity index (χ1) is 52.6. The third-order valence-electron chi connectivity index (χ3n) is 26.3. The van der Waals surface area contributed by atoms with Crippen LogP contribution in [0.2, 0.25) is 20.1 Å². The number of carbonyl (C=O) groups is 3. The summed E-state index contributed by atoms with van der Waals surface area (Å²) in [6.45, 7) is 21.3. The van der Waals surface area contributed by atoms with Gasteiger partial charge < -0.3 is 48.5 Å². The van der Waals surface area contributed by atoms with Crippen LogP contribution in [-0.2, 0) is 48.5 Å². The second kappa shape index (κ2) is 33.0. The van der Waals surface area contributed by atoms with E-state index in [9.17, 15) is 46.5 Å². The van der Waals surface area contributed by atoms with Crippen LogP contribution in [0.1, 0.15) is 194 Å². The molecule has 7 fully saturated rings. The SMILES string of the molecule is CC[C@H]1C(O)[C@H]2[C@H]3CC[C@H]([C@H](C)CCCC(=O)CS(=O)(=O)c4ccc(C(C)(C)C)cc4)[C@@]3(C)CC[C@@H]2[C@@]2(C)CC[C@@H](O)C[C@@H]12.Cc1cccc(Cl)c1-c1noc(C2CC2)c1COC1CCN(c2ccc3c(C(=O)O)cn(C)c3c2)CC1.O=C(O)c1cc2c(Cl)c(N3CCN(S(=O)(=O)c4c(Cl)cccc4Cl)CC3)ccc2o1. The number of aliphatic hydroxyl groups excluding tert-OH is 2. The van der Waals surface area contributed by atoms with Crippen molar-refractivity contribution in [3.8, 4) is 11.3 Å². The van der Waals surface area contributed by atoms with Crippen LogP contribution in [0.25, 0.3) is 33.1 Å². The monoisotopic (exact) mass is 1640 g/mol. The number of carboxylic acids is 2. The first-order valence-corrected chi connectivity index (χ1v) is 44.0. The first kappa shape index (κ1) is 82.5. The van der Waals surface area contributed by atoms with Gasteiger partial charge in [0.25, 0.3) is 0 Å². The lowest BCUT2D eigenvalue weighted by atomic mass is 9.41. The highest BCUT2D eigenvalue weighted by molar-refractivity contribution is 7.92. The molecule has 2 saturated heterocycles. The molecule has 25 heteroatoms. The molecule has 1 unspecified atom stereocenters. The quantitative estimate of drug-likeness (QED) is 0.0552. The topological polar surface area (TPSA) is 263 Å². The van der Waals surface area contributed by atoms with E-state index in [4.69, 9.17) is 65.2 Å². The summed E-state index contributed by atoms with van der Waals surface area (Å²) in [6.07, 6.45) is 15.9. The molecule has 19 nitrogen and oxygen atoms in total. The number of aromatic nitrogens is 2. The smallest absolute Gasteiger partial charge is 0.371 e. The number of nitrogens with zero attached hydrogens (tertiary/aromatic N) is 5. The number of ketones is 1. The van der Waals surface area contributed by atoms with E-state index in [0.29, 0.717) is 99.8 Å². The molecule has 598 valence electrons. The van der Waals surface area contributed by atoms with E-state index < -0.39 is 37.6 Å². The minimum Gasteiger partial charge on any atom is -0.478 e. The van der Waals surface area contributed by atoms with Crippen molar-refractivity contribution in [3.63, 3.8) is 0 Å². The van der Waals surface area contributed by atoms with E-state index >= 15 is 0 Å². The van der Waals surface area contributed by atoms with Gasteiger partial charge >= 0.3 is 11.9 Å². The van der Waals surface area contributed by atoms with Crippen LogP contribution >= 0.6 is 46.4 Å². The standard InChI is InChI=1S/C38H60O5S.C29H30ClN3O4.C19H15Cl3N2O5S/c1-8-29-33-22-26(39)18-20-38(33,7)32-19-21-37(6)30(16-17-31(37)34(32)35(29)41)24(2)10-9-11-27(40)23-44(42,43)28-14-12-25(13-15-28)36(3,4)5;1-17-4-3-5-24(30)26(17)27-23(28(37-31-27)18-6-7-18)16-36-20-10-12-33(13-11-20)19-8-9-21-22(29(34)35)15-32(2)25(21)14-19;20-12-2-1-3-13(21)18(12)30(27,28)24-8-6-23(7-9-24)14-4-5-15-11(17(14)22)10-16(29-15)19(25)26/h12-15,24,26,29-35,39,41H,8-11,16-23H2,1-7H3;3-5,8-9,14-15,18,20H,6-7,10-13,16H2,1-2H3,(H,34,35);1-5,10H,6-9H2,(H,25,26)/t24-,26-,29-,30-,31-,32+,33+,34+,35?,37-,38-;;/m1../s1. The molecule has 8 aromatic rings. The summed E-state index contributed by atoms with van der Waals surface area (Å²) in [7, 11) is -5.60. The lowest BCUT2D eigenvalue weighted by Gasteiger charge is -2.64. The van der Waals surface area contributed by atoms with E-state index in [1.807, 2.05) is 65.9 Å². The number of benzene rings is 5. The van der Waals surface area contributed by atoms with Crippen molar-refractivity contribution in [2.24, 2.45) is 59.3 Å². The average Bonchev–Trinajstić information content (AvgIpc) is 1.69. The fraction of sp³-hybridized carbons (Fsp3) is 0.535. The number of rotatable bonds is 20. The number of hydrogen-bond donors (Lipinski definition) is 4. The molecule has 0 amide bonds. The fourth-order valence-electron chi connectivity index (χ4n) is 20.2. The minimum absolute atomic E-state index is 0.0558. The predicted octanol–water partition coefficient (Wildman–Crippen LogP) is 18.9. The second-order valence-corrected chi connectivity index (χ2v) is 39.4. The van der Waals surface area contributed by atoms with E-state index in [-0.39, 0.29) is 84.9 Å². The molecule has 2 aliphatic heterocycles. The highest BCUT2D eigenvalue weighted by atomic mass is 35.5. The molecular weight excluding hydrogens is 1530 g/mol. The maximum atomic E-state index is 13.0. The molecule has 5 heterocycles. The summed E-state index contributed by atoms with van der Waals surface area (Å²) in [5.74, 6) is 1.61. The van der Waals surface area contributed by atoms with Crippen LogP contribution in [0.4, 0.5) is 11.4 Å². The van der Waals surface area contributed by atoms with Crippen LogP contribution in [-0.4, -0.2) is 132 Å². The Bertz CT molecular complexity index is 4960. The van der Waals surface area contributed by atoms with E-state index in [0.717, 1.165) is 128 Å². The molecule has 0 spiro atoms. The molecule has 3 aromatic heterocycles. The number of anilines is 2. The highest BCUT2D eigenvalue weighted by Crippen LogP contribution is 2.70. The number of hydrogen-bond acceptors (Lipinski definition) is 15. The Hall–Kier alpha value is -6.50. The van der Waals surface area contributed by atoms with Gasteiger partial charge in [0.1, 0.15) is 33.5 Å². The Labute approximate surface area is 672 Å².